The number of hydrogen-bond acceptors (Lipinski definition) is 5. The third-order valence-electron chi connectivity index (χ3n) is 2.81. The number of aliphatic hydroxyl groups is 1. The second kappa shape index (κ2) is 5.58. The monoisotopic (exact) mass is 327 g/mol. The van der Waals surface area contributed by atoms with Crippen molar-refractivity contribution in [1.82, 2.24) is 15.0 Å². The molecule has 0 aliphatic rings. The zero-order valence-electron chi connectivity index (χ0n) is 10.8. The number of hydrogen-bond donors (Lipinski definition) is 1. The van der Waals surface area contributed by atoms with E-state index < -0.39 is 6.10 Å². The fraction of sp³-hybridized carbons (Fsp3) is 0.333. The summed E-state index contributed by atoms with van der Waals surface area (Å²) < 4.78 is 12.4. The lowest BCUT2D eigenvalue weighted by atomic mass is 10.1. The number of benzene rings is 1. The van der Waals surface area contributed by atoms with Gasteiger partial charge in [-0.05, 0) is 33.6 Å². The molecule has 1 N–H and O–H groups in total. The molecular formula is C12H14BrN3O3. The lowest BCUT2D eigenvalue weighted by Crippen LogP contribution is -2.07. The summed E-state index contributed by atoms with van der Waals surface area (Å²) in [5, 5.41) is 18.1. The van der Waals surface area contributed by atoms with Gasteiger partial charge in [0, 0.05) is 7.05 Å². The fourth-order valence-electron chi connectivity index (χ4n) is 1.81. The van der Waals surface area contributed by atoms with Gasteiger partial charge in [-0.1, -0.05) is 11.3 Å². The normalized spacial score (nSPS) is 12.3. The highest BCUT2D eigenvalue weighted by molar-refractivity contribution is 9.10. The number of halogens is 1. The molecule has 2 rings (SSSR count). The minimum Gasteiger partial charge on any atom is -0.493 e. The fourth-order valence-corrected chi connectivity index (χ4v) is 2.35. The minimum absolute atomic E-state index is 0.511. The molecule has 0 radical (unpaired) electrons. The topological polar surface area (TPSA) is 69.4 Å². The van der Waals surface area contributed by atoms with Gasteiger partial charge in [-0.2, -0.15) is 0 Å². The van der Waals surface area contributed by atoms with Gasteiger partial charge in [-0.3, -0.25) is 0 Å². The van der Waals surface area contributed by atoms with Crippen molar-refractivity contribution in [3.8, 4) is 11.5 Å². The van der Waals surface area contributed by atoms with Crippen molar-refractivity contribution >= 4 is 15.9 Å². The van der Waals surface area contributed by atoms with Gasteiger partial charge in [0.25, 0.3) is 0 Å². The quantitative estimate of drug-likeness (QED) is 0.925. The van der Waals surface area contributed by atoms with Crippen LogP contribution < -0.4 is 9.47 Å². The molecule has 1 aromatic carbocycles. The molecule has 0 spiro atoms. The smallest absolute Gasteiger partial charge is 0.161 e. The van der Waals surface area contributed by atoms with Gasteiger partial charge < -0.3 is 14.6 Å². The van der Waals surface area contributed by atoms with E-state index >= 15 is 0 Å². The lowest BCUT2D eigenvalue weighted by Gasteiger charge is -2.14. The standard InChI is InChI=1S/C12H14BrN3O3/c1-16-10(12(13)14-15-16)11(17)7-4-5-8(18-2)9(6-7)19-3/h4-6,11,17H,1-3H3. The van der Waals surface area contributed by atoms with E-state index in [2.05, 4.69) is 26.2 Å². The number of methoxy groups -OCH3 is 2. The highest BCUT2D eigenvalue weighted by atomic mass is 79.9. The summed E-state index contributed by atoms with van der Waals surface area (Å²) in [7, 11) is 4.84. The summed E-state index contributed by atoms with van der Waals surface area (Å²) in [6.45, 7) is 0. The molecule has 1 atom stereocenters. The maximum Gasteiger partial charge on any atom is 0.161 e. The molecule has 102 valence electrons. The van der Waals surface area contributed by atoms with Crippen LogP contribution >= 0.6 is 15.9 Å². The molecule has 0 aliphatic heterocycles. The Morgan fingerprint density at radius 1 is 1.26 bits per heavy atom. The van der Waals surface area contributed by atoms with Crippen LogP contribution in [0.4, 0.5) is 0 Å². The predicted octanol–water partition coefficient (Wildman–Crippen LogP) is 1.68. The van der Waals surface area contributed by atoms with Crippen LogP contribution in [-0.2, 0) is 7.05 Å². The largest absolute Gasteiger partial charge is 0.493 e. The van der Waals surface area contributed by atoms with Crippen LogP contribution in [0.5, 0.6) is 11.5 Å². The maximum atomic E-state index is 10.4. The molecule has 0 amide bonds. The first-order valence-corrected chi connectivity index (χ1v) is 6.32. The van der Waals surface area contributed by atoms with Crippen molar-refractivity contribution < 1.29 is 14.6 Å². The van der Waals surface area contributed by atoms with Crippen molar-refractivity contribution in [2.24, 2.45) is 7.05 Å². The Bertz CT molecular complexity index is 566. The minimum atomic E-state index is -0.853. The average molecular weight is 328 g/mol. The average Bonchev–Trinajstić information content (AvgIpc) is 2.76. The molecule has 19 heavy (non-hydrogen) atoms. The SMILES string of the molecule is COc1ccc(C(O)c2c(Br)nnn2C)cc1OC. The first-order valence-electron chi connectivity index (χ1n) is 5.53. The van der Waals surface area contributed by atoms with Crippen LogP contribution in [-0.4, -0.2) is 34.3 Å². The molecule has 0 fully saturated rings. The van der Waals surface area contributed by atoms with Crippen molar-refractivity contribution in [3.63, 3.8) is 0 Å². The summed E-state index contributed by atoms with van der Waals surface area (Å²) in [6, 6.07) is 5.24. The molecule has 6 nitrogen and oxygen atoms in total. The van der Waals surface area contributed by atoms with Crippen molar-refractivity contribution in [1.29, 1.82) is 0 Å². The second-order valence-corrected chi connectivity index (χ2v) is 4.66. The van der Waals surface area contributed by atoms with E-state index in [1.54, 1.807) is 39.5 Å². The van der Waals surface area contributed by atoms with Gasteiger partial charge in [0.1, 0.15) is 11.8 Å². The number of aromatic nitrogens is 3. The third kappa shape index (κ3) is 2.57. The Morgan fingerprint density at radius 2 is 1.95 bits per heavy atom. The number of nitrogens with zero attached hydrogens (tertiary/aromatic N) is 3. The van der Waals surface area contributed by atoms with Gasteiger partial charge in [-0.25, -0.2) is 4.68 Å². The maximum absolute atomic E-state index is 10.4. The van der Waals surface area contributed by atoms with Crippen LogP contribution in [0.1, 0.15) is 17.4 Å². The summed E-state index contributed by atoms with van der Waals surface area (Å²) in [5.74, 6) is 1.17. The van der Waals surface area contributed by atoms with Crippen LogP contribution in [0.3, 0.4) is 0 Å². The van der Waals surface area contributed by atoms with E-state index in [9.17, 15) is 5.11 Å². The van der Waals surface area contributed by atoms with E-state index in [0.717, 1.165) is 0 Å². The number of aryl methyl sites for hydroxylation is 1. The van der Waals surface area contributed by atoms with Gasteiger partial charge in [0.2, 0.25) is 0 Å². The molecule has 0 saturated heterocycles. The first-order chi connectivity index (χ1) is 9.08. The van der Waals surface area contributed by atoms with E-state index in [1.165, 1.54) is 4.68 Å². The second-order valence-electron chi connectivity index (χ2n) is 3.91. The van der Waals surface area contributed by atoms with Crippen LogP contribution in [0.2, 0.25) is 0 Å². The molecule has 0 saturated carbocycles. The summed E-state index contributed by atoms with van der Waals surface area (Å²) in [5.41, 5.74) is 1.25. The van der Waals surface area contributed by atoms with Gasteiger partial charge in [0.05, 0.1) is 14.2 Å². The van der Waals surface area contributed by atoms with E-state index in [4.69, 9.17) is 9.47 Å². The van der Waals surface area contributed by atoms with E-state index in [1.807, 2.05) is 0 Å². The van der Waals surface area contributed by atoms with Crippen molar-refractivity contribution in [2.45, 2.75) is 6.10 Å². The first kappa shape index (κ1) is 13.8. The highest BCUT2D eigenvalue weighted by Gasteiger charge is 2.20. The zero-order valence-corrected chi connectivity index (χ0v) is 12.4. The third-order valence-corrected chi connectivity index (χ3v) is 3.37. The van der Waals surface area contributed by atoms with Gasteiger partial charge >= 0.3 is 0 Å². The van der Waals surface area contributed by atoms with Crippen LogP contribution in [0.15, 0.2) is 22.8 Å². The zero-order chi connectivity index (χ0) is 14.0. The Balaban J connectivity index is 2.42. The molecule has 7 heteroatoms. The molecule has 2 aromatic rings. The predicted molar refractivity (Wildman–Crippen MR) is 72.3 cm³/mol. The molecule has 0 bridgehead atoms. The Morgan fingerprint density at radius 3 is 2.47 bits per heavy atom. The van der Waals surface area contributed by atoms with E-state index in [0.29, 0.717) is 27.4 Å². The lowest BCUT2D eigenvalue weighted by molar-refractivity contribution is 0.208. The van der Waals surface area contributed by atoms with Crippen molar-refractivity contribution in [2.75, 3.05) is 14.2 Å². The number of ether oxygens (including phenoxy) is 2. The van der Waals surface area contributed by atoms with Gasteiger partial charge in [-0.15, -0.1) is 5.10 Å². The Hall–Kier alpha value is -1.60. The summed E-state index contributed by atoms with van der Waals surface area (Å²) in [6.07, 6.45) is -0.853. The molecule has 1 aromatic heterocycles. The highest BCUT2D eigenvalue weighted by Crippen LogP contribution is 2.33. The Labute approximate surface area is 119 Å². The summed E-state index contributed by atoms with van der Waals surface area (Å²) >= 11 is 3.27. The van der Waals surface area contributed by atoms with Crippen LogP contribution in [0.25, 0.3) is 0 Å². The molecule has 0 aliphatic carbocycles. The van der Waals surface area contributed by atoms with Crippen molar-refractivity contribution in [3.05, 3.63) is 34.1 Å². The summed E-state index contributed by atoms with van der Waals surface area (Å²) in [4.78, 5) is 0. The van der Waals surface area contributed by atoms with E-state index in [-0.39, 0.29) is 0 Å². The Kier molecular flexibility index (Phi) is 4.06. The van der Waals surface area contributed by atoms with Crippen LogP contribution in [0, 0.1) is 0 Å². The molecule has 1 unspecified atom stereocenters. The number of rotatable bonds is 4. The van der Waals surface area contributed by atoms with Gasteiger partial charge in [0.15, 0.2) is 16.1 Å². The number of aliphatic hydroxyl groups excluding tert-OH is 1. The molecular weight excluding hydrogens is 314 g/mol. The molecule has 1 heterocycles.